The molecule has 3 aromatic carbocycles. The molecule has 7 nitrogen and oxygen atoms in total. The van der Waals surface area contributed by atoms with Gasteiger partial charge < -0.3 is 15.4 Å². The lowest BCUT2D eigenvalue weighted by Gasteiger charge is -2.10. The van der Waals surface area contributed by atoms with E-state index in [2.05, 4.69) is 15.7 Å². The van der Waals surface area contributed by atoms with Crippen molar-refractivity contribution >= 4 is 23.2 Å². The summed E-state index contributed by atoms with van der Waals surface area (Å²) in [6, 6.07) is 18.7. The number of aryl methyl sites for hydroxylation is 1. The zero-order valence-corrected chi connectivity index (χ0v) is 21.6. The average molecular weight is 537 g/mol. The summed E-state index contributed by atoms with van der Waals surface area (Å²) in [5.74, 6) is -0.138. The highest BCUT2D eigenvalue weighted by molar-refractivity contribution is 6.04. The molecule has 0 aliphatic rings. The van der Waals surface area contributed by atoms with Crippen LogP contribution in [-0.2, 0) is 24.1 Å². The van der Waals surface area contributed by atoms with Crippen LogP contribution in [0.5, 0.6) is 5.75 Å². The number of carbonyl (C=O) groups excluding carboxylic acids is 2. The van der Waals surface area contributed by atoms with Gasteiger partial charge in [0.05, 0.1) is 29.2 Å². The number of amides is 2. The van der Waals surface area contributed by atoms with Crippen molar-refractivity contribution in [1.82, 2.24) is 9.78 Å². The van der Waals surface area contributed by atoms with Gasteiger partial charge in [0.15, 0.2) is 0 Å². The van der Waals surface area contributed by atoms with Gasteiger partial charge in [0.2, 0.25) is 5.91 Å². The third kappa shape index (κ3) is 7.04. The van der Waals surface area contributed by atoms with Crippen molar-refractivity contribution in [1.29, 1.82) is 0 Å². The van der Waals surface area contributed by atoms with Crippen LogP contribution >= 0.6 is 0 Å². The summed E-state index contributed by atoms with van der Waals surface area (Å²) < 4.78 is 45.5. The molecule has 4 aromatic rings. The number of hydrogen-bond donors (Lipinski definition) is 2. The van der Waals surface area contributed by atoms with Crippen LogP contribution in [0.2, 0.25) is 0 Å². The molecule has 202 valence electrons. The molecule has 4 rings (SSSR count). The number of hydrogen-bond acceptors (Lipinski definition) is 4. The van der Waals surface area contributed by atoms with Crippen LogP contribution in [0, 0.1) is 13.8 Å². The monoisotopic (exact) mass is 536 g/mol. The Hall–Kier alpha value is -4.60. The second kappa shape index (κ2) is 11.4. The summed E-state index contributed by atoms with van der Waals surface area (Å²) in [6.45, 7) is 5.74. The van der Waals surface area contributed by atoms with Crippen LogP contribution in [0.1, 0.15) is 45.4 Å². The highest BCUT2D eigenvalue weighted by Gasteiger charge is 2.30. The van der Waals surface area contributed by atoms with E-state index >= 15 is 0 Å². The van der Waals surface area contributed by atoms with Crippen molar-refractivity contribution in [3.63, 3.8) is 0 Å². The van der Waals surface area contributed by atoms with Crippen LogP contribution in [0.4, 0.5) is 24.5 Å². The summed E-state index contributed by atoms with van der Waals surface area (Å²) in [5, 5.41) is 10.3. The second-order valence-electron chi connectivity index (χ2n) is 9.05. The maximum Gasteiger partial charge on any atom is 0.416 e. The van der Waals surface area contributed by atoms with Gasteiger partial charge in [-0.2, -0.15) is 18.3 Å². The minimum absolute atomic E-state index is 0.140. The number of ether oxygens (including phenoxy) is 1. The number of alkyl halides is 3. The summed E-state index contributed by atoms with van der Waals surface area (Å²) in [4.78, 5) is 24.3. The van der Waals surface area contributed by atoms with Crippen molar-refractivity contribution in [3.05, 3.63) is 106 Å². The molecule has 0 unspecified atom stereocenters. The molecule has 39 heavy (non-hydrogen) atoms. The Bertz CT molecular complexity index is 1480. The molecule has 0 fully saturated rings. The first kappa shape index (κ1) is 27.4. The number of anilines is 2. The topological polar surface area (TPSA) is 85.3 Å². The van der Waals surface area contributed by atoms with Gasteiger partial charge in [-0.3, -0.25) is 14.3 Å². The molecule has 0 aliphatic carbocycles. The summed E-state index contributed by atoms with van der Waals surface area (Å²) >= 11 is 0. The summed E-state index contributed by atoms with van der Waals surface area (Å²) in [7, 11) is 0. The third-order valence-electron chi connectivity index (χ3n) is 6.00. The van der Waals surface area contributed by atoms with E-state index in [0.29, 0.717) is 34.9 Å². The van der Waals surface area contributed by atoms with E-state index in [0.717, 1.165) is 29.0 Å². The van der Waals surface area contributed by atoms with E-state index in [-0.39, 0.29) is 18.4 Å². The van der Waals surface area contributed by atoms with Gasteiger partial charge in [0.25, 0.3) is 5.91 Å². The molecule has 0 saturated heterocycles. The largest absolute Gasteiger partial charge is 0.489 e. The maximum absolute atomic E-state index is 12.9. The van der Waals surface area contributed by atoms with Gasteiger partial charge in [0.1, 0.15) is 12.4 Å². The number of benzene rings is 3. The molecular formula is C29H27F3N4O3. The van der Waals surface area contributed by atoms with E-state index in [4.69, 9.17) is 4.74 Å². The Balaban J connectivity index is 1.37. The predicted molar refractivity (Wildman–Crippen MR) is 142 cm³/mol. The van der Waals surface area contributed by atoms with Gasteiger partial charge in [-0.1, -0.05) is 24.3 Å². The first-order valence-electron chi connectivity index (χ1n) is 12.1. The fraction of sp³-hybridized carbons (Fsp3) is 0.207. The Morgan fingerprint density at radius 2 is 1.62 bits per heavy atom. The maximum atomic E-state index is 12.9. The second-order valence-corrected chi connectivity index (χ2v) is 9.05. The molecule has 0 atom stereocenters. The Kier molecular flexibility index (Phi) is 8.04. The first-order valence-corrected chi connectivity index (χ1v) is 12.1. The molecule has 0 spiro atoms. The van der Waals surface area contributed by atoms with Crippen molar-refractivity contribution in [2.24, 2.45) is 0 Å². The van der Waals surface area contributed by atoms with Crippen LogP contribution in [-0.4, -0.2) is 21.6 Å². The lowest BCUT2D eigenvalue weighted by molar-refractivity contribution is -0.137. The molecule has 1 aromatic heterocycles. The Morgan fingerprint density at radius 1 is 0.923 bits per heavy atom. The molecule has 10 heteroatoms. The van der Waals surface area contributed by atoms with E-state index in [1.165, 1.54) is 19.1 Å². The molecule has 0 bridgehead atoms. The SMILES string of the molecule is CC(=O)Nc1cccc(Cn2nc(C)c(NC(=O)c3ccc(COc4ccc(C(F)(F)F)cc4)cc3)c2C)c1. The number of rotatable bonds is 8. The molecule has 0 radical (unpaired) electrons. The lowest BCUT2D eigenvalue weighted by Crippen LogP contribution is -2.13. The minimum Gasteiger partial charge on any atom is -0.489 e. The average Bonchev–Trinajstić information content (AvgIpc) is 3.14. The zero-order valence-electron chi connectivity index (χ0n) is 21.6. The normalized spacial score (nSPS) is 11.2. The number of halogens is 3. The van der Waals surface area contributed by atoms with Crippen LogP contribution in [0.15, 0.2) is 72.8 Å². The lowest BCUT2D eigenvalue weighted by atomic mass is 10.1. The smallest absolute Gasteiger partial charge is 0.416 e. The van der Waals surface area contributed by atoms with Gasteiger partial charge in [-0.05, 0) is 73.5 Å². The van der Waals surface area contributed by atoms with Crippen molar-refractivity contribution in [2.45, 2.75) is 40.1 Å². The van der Waals surface area contributed by atoms with E-state index in [9.17, 15) is 22.8 Å². The minimum atomic E-state index is -4.40. The third-order valence-corrected chi connectivity index (χ3v) is 6.00. The fourth-order valence-corrected chi connectivity index (χ4v) is 4.00. The van der Waals surface area contributed by atoms with Gasteiger partial charge in [-0.15, -0.1) is 0 Å². The van der Waals surface area contributed by atoms with Crippen molar-refractivity contribution in [2.75, 3.05) is 10.6 Å². The molecule has 0 saturated carbocycles. The zero-order chi connectivity index (χ0) is 28.2. The number of aromatic nitrogens is 2. The first-order chi connectivity index (χ1) is 18.5. The number of carbonyl (C=O) groups is 2. The van der Waals surface area contributed by atoms with Gasteiger partial charge in [0, 0.05) is 18.2 Å². The molecule has 1 heterocycles. The van der Waals surface area contributed by atoms with Crippen molar-refractivity contribution in [3.8, 4) is 5.75 Å². The number of nitrogens with one attached hydrogen (secondary N) is 2. The van der Waals surface area contributed by atoms with Crippen LogP contribution < -0.4 is 15.4 Å². The van der Waals surface area contributed by atoms with Gasteiger partial charge in [-0.25, -0.2) is 0 Å². The standard InChI is InChI=1S/C29H27F3N4O3/c1-18-27(19(2)36(35-18)16-22-5-4-6-25(15-22)33-20(3)37)34-28(38)23-9-7-21(8-10-23)17-39-26-13-11-24(12-14-26)29(30,31)32/h4-15H,16-17H2,1-3H3,(H,33,37)(H,34,38). The van der Waals surface area contributed by atoms with Crippen LogP contribution in [0.3, 0.4) is 0 Å². The fourth-order valence-electron chi connectivity index (χ4n) is 4.00. The Labute approximate surface area is 223 Å². The molecule has 0 aliphatic heterocycles. The highest BCUT2D eigenvalue weighted by atomic mass is 19.4. The highest BCUT2D eigenvalue weighted by Crippen LogP contribution is 2.30. The van der Waals surface area contributed by atoms with E-state index in [1.54, 1.807) is 28.9 Å². The molecule has 2 amide bonds. The summed E-state index contributed by atoms with van der Waals surface area (Å²) in [5.41, 5.74) is 4.16. The predicted octanol–water partition coefficient (Wildman–Crippen LogP) is 6.36. The van der Waals surface area contributed by atoms with Crippen molar-refractivity contribution < 1.29 is 27.5 Å². The summed E-state index contributed by atoms with van der Waals surface area (Å²) in [6.07, 6.45) is -4.40. The number of nitrogens with zero attached hydrogens (tertiary/aromatic N) is 2. The van der Waals surface area contributed by atoms with E-state index in [1.807, 2.05) is 38.1 Å². The van der Waals surface area contributed by atoms with Gasteiger partial charge >= 0.3 is 6.18 Å². The van der Waals surface area contributed by atoms with Crippen LogP contribution in [0.25, 0.3) is 0 Å². The quantitative estimate of drug-likeness (QED) is 0.275. The molecular weight excluding hydrogens is 509 g/mol. The van der Waals surface area contributed by atoms with E-state index < -0.39 is 11.7 Å². The molecule has 2 N–H and O–H groups in total. The Morgan fingerprint density at radius 3 is 2.26 bits per heavy atom.